The average Bonchev–Trinajstić information content (AvgIpc) is 2.89. The summed E-state index contributed by atoms with van der Waals surface area (Å²) in [5.41, 5.74) is 1.26. The van der Waals surface area contributed by atoms with Crippen LogP contribution in [0.15, 0.2) is 17.0 Å². The molecule has 0 aromatic heterocycles. The maximum absolute atomic E-state index is 5.67. The molecule has 1 N–H and O–H groups in total. The Balaban J connectivity index is 1.74. The largest absolute Gasteiger partial charge is 0.486 e. The Morgan fingerprint density at radius 3 is 2.60 bits per heavy atom. The fraction of sp³-hybridized carbons (Fsp3) is 0.600. The molecule has 5 heteroatoms. The van der Waals surface area contributed by atoms with Gasteiger partial charge in [0, 0.05) is 24.1 Å². The summed E-state index contributed by atoms with van der Waals surface area (Å²) in [4.78, 5) is 1.24. The van der Waals surface area contributed by atoms with E-state index >= 15 is 0 Å². The van der Waals surface area contributed by atoms with Crippen molar-refractivity contribution >= 4 is 11.8 Å². The highest BCUT2D eigenvalue weighted by atomic mass is 32.2. The molecule has 20 heavy (non-hydrogen) atoms. The second-order valence-corrected chi connectivity index (χ2v) is 6.01. The Labute approximate surface area is 124 Å². The molecular formula is C15H21NO3S. The van der Waals surface area contributed by atoms with Crippen LogP contribution in [-0.2, 0) is 11.3 Å². The summed E-state index contributed by atoms with van der Waals surface area (Å²) in [6.45, 7) is 5.09. The highest BCUT2D eigenvalue weighted by Gasteiger charge is 2.24. The van der Waals surface area contributed by atoms with E-state index in [9.17, 15) is 0 Å². The van der Waals surface area contributed by atoms with Crippen molar-refractivity contribution in [2.24, 2.45) is 0 Å². The molecule has 3 rings (SSSR count). The SMILES string of the molecule is CSc1cc2c(cc1CNC1CCOC1C)OCCO2. The fourth-order valence-electron chi connectivity index (χ4n) is 2.68. The molecule has 0 radical (unpaired) electrons. The molecule has 4 nitrogen and oxygen atoms in total. The van der Waals surface area contributed by atoms with Crippen molar-refractivity contribution in [2.75, 3.05) is 26.1 Å². The van der Waals surface area contributed by atoms with E-state index in [1.807, 2.05) is 0 Å². The Hall–Kier alpha value is -0.910. The molecule has 2 aliphatic rings. The first kappa shape index (κ1) is 14.0. The number of rotatable bonds is 4. The first-order valence-electron chi connectivity index (χ1n) is 7.09. The molecule has 2 unspecified atom stereocenters. The molecule has 0 amide bonds. The van der Waals surface area contributed by atoms with E-state index in [-0.39, 0.29) is 0 Å². The number of thioether (sulfide) groups is 1. The molecule has 0 saturated carbocycles. The quantitative estimate of drug-likeness (QED) is 0.864. The van der Waals surface area contributed by atoms with E-state index in [0.717, 1.165) is 31.1 Å². The number of ether oxygens (including phenoxy) is 3. The molecule has 0 spiro atoms. The fourth-order valence-corrected chi connectivity index (χ4v) is 3.30. The van der Waals surface area contributed by atoms with Crippen LogP contribution in [0.5, 0.6) is 11.5 Å². The molecule has 2 atom stereocenters. The lowest BCUT2D eigenvalue weighted by atomic mass is 10.1. The zero-order valence-corrected chi connectivity index (χ0v) is 12.8. The van der Waals surface area contributed by atoms with Crippen molar-refractivity contribution in [3.05, 3.63) is 17.7 Å². The Kier molecular flexibility index (Phi) is 4.38. The van der Waals surface area contributed by atoms with Crippen LogP contribution in [0.1, 0.15) is 18.9 Å². The van der Waals surface area contributed by atoms with Gasteiger partial charge in [0.15, 0.2) is 11.5 Å². The number of fused-ring (bicyclic) bond motifs is 1. The van der Waals surface area contributed by atoms with E-state index in [1.54, 1.807) is 11.8 Å². The standard InChI is InChI=1S/C15H21NO3S/c1-10-12(3-4-17-10)16-9-11-7-13-14(8-15(11)20-2)19-6-5-18-13/h7-8,10,12,16H,3-6,9H2,1-2H3. The van der Waals surface area contributed by atoms with E-state index in [2.05, 4.69) is 30.6 Å². The molecule has 1 aromatic carbocycles. The molecule has 1 fully saturated rings. The molecule has 0 aliphatic carbocycles. The minimum atomic E-state index is 0.296. The van der Waals surface area contributed by atoms with Gasteiger partial charge in [-0.25, -0.2) is 0 Å². The summed E-state index contributed by atoms with van der Waals surface area (Å²) >= 11 is 1.74. The van der Waals surface area contributed by atoms with Gasteiger partial charge in [0.1, 0.15) is 13.2 Å². The normalized spacial score (nSPS) is 24.9. The van der Waals surface area contributed by atoms with Crippen LogP contribution in [0.25, 0.3) is 0 Å². The van der Waals surface area contributed by atoms with Gasteiger partial charge in [0.25, 0.3) is 0 Å². The van der Waals surface area contributed by atoms with Gasteiger partial charge in [0.05, 0.1) is 6.10 Å². The molecule has 2 heterocycles. The first-order valence-corrected chi connectivity index (χ1v) is 8.32. The molecule has 1 aromatic rings. The smallest absolute Gasteiger partial charge is 0.162 e. The molecular weight excluding hydrogens is 274 g/mol. The highest BCUT2D eigenvalue weighted by molar-refractivity contribution is 7.98. The van der Waals surface area contributed by atoms with Crippen molar-refractivity contribution in [3.8, 4) is 11.5 Å². The van der Waals surface area contributed by atoms with Crippen LogP contribution in [0.3, 0.4) is 0 Å². The second-order valence-electron chi connectivity index (χ2n) is 5.16. The second kappa shape index (κ2) is 6.24. The van der Waals surface area contributed by atoms with Gasteiger partial charge < -0.3 is 19.5 Å². The lowest BCUT2D eigenvalue weighted by molar-refractivity contribution is 0.113. The van der Waals surface area contributed by atoms with Crippen LogP contribution in [0.2, 0.25) is 0 Å². The minimum absolute atomic E-state index is 0.296. The maximum Gasteiger partial charge on any atom is 0.162 e. The van der Waals surface area contributed by atoms with E-state index < -0.39 is 0 Å². The van der Waals surface area contributed by atoms with Crippen LogP contribution in [-0.4, -0.2) is 38.2 Å². The van der Waals surface area contributed by atoms with Gasteiger partial charge in [-0.15, -0.1) is 11.8 Å². The highest BCUT2D eigenvalue weighted by Crippen LogP contribution is 2.36. The Morgan fingerprint density at radius 2 is 1.95 bits per heavy atom. The zero-order valence-electron chi connectivity index (χ0n) is 12.0. The number of benzene rings is 1. The number of hydrogen-bond acceptors (Lipinski definition) is 5. The van der Waals surface area contributed by atoms with Crippen LogP contribution in [0, 0.1) is 0 Å². The van der Waals surface area contributed by atoms with E-state index in [4.69, 9.17) is 14.2 Å². The predicted octanol–water partition coefficient (Wildman–Crippen LogP) is 2.45. The van der Waals surface area contributed by atoms with Crippen molar-refractivity contribution < 1.29 is 14.2 Å². The number of hydrogen-bond donors (Lipinski definition) is 1. The lowest BCUT2D eigenvalue weighted by Crippen LogP contribution is -2.34. The molecule has 110 valence electrons. The van der Waals surface area contributed by atoms with Gasteiger partial charge >= 0.3 is 0 Å². The van der Waals surface area contributed by atoms with Crippen LogP contribution >= 0.6 is 11.8 Å². The van der Waals surface area contributed by atoms with Crippen LogP contribution < -0.4 is 14.8 Å². The molecule has 0 bridgehead atoms. The minimum Gasteiger partial charge on any atom is -0.486 e. The summed E-state index contributed by atoms with van der Waals surface area (Å²) in [5, 5.41) is 3.59. The van der Waals surface area contributed by atoms with Crippen molar-refractivity contribution in [2.45, 2.75) is 36.9 Å². The summed E-state index contributed by atoms with van der Waals surface area (Å²) in [6.07, 6.45) is 3.47. The summed E-state index contributed by atoms with van der Waals surface area (Å²) in [6, 6.07) is 4.64. The number of nitrogens with one attached hydrogen (secondary N) is 1. The Bertz CT molecular complexity index is 480. The van der Waals surface area contributed by atoms with E-state index in [0.29, 0.717) is 25.4 Å². The third-order valence-corrected chi connectivity index (χ3v) is 4.70. The van der Waals surface area contributed by atoms with Crippen molar-refractivity contribution in [1.29, 1.82) is 0 Å². The van der Waals surface area contributed by atoms with Gasteiger partial charge in [0.2, 0.25) is 0 Å². The van der Waals surface area contributed by atoms with Crippen molar-refractivity contribution in [1.82, 2.24) is 5.32 Å². The summed E-state index contributed by atoms with van der Waals surface area (Å²) in [5.74, 6) is 1.73. The van der Waals surface area contributed by atoms with E-state index in [1.165, 1.54) is 10.5 Å². The maximum atomic E-state index is 5.67. The lowest BCUT2D eigenvalue weighted by Gasteiger charge is -2.22. The average molecular weight is 295 g/mol. The third kappa shape index (κ3) is 2.90. The summed E-state index contributed by atoms with van der Waals surface area (Å²) < 4.78 is 16.9. The zero-order chi connectivity index (χ0) is 13.9. The third-order valence-electron chi connectivity index (χ3n) is 3.88. The molecule has 2 aliphatic heterocycles. The van der Waals surface area contributed by atoms with Gasteiger partial charge in [-0.05, 0) is 37.3 Å². The van der Waals surface area contributed by atoms with Gasteiger partial charge in [-0.1, -0.05) is 0 Å². The monoisotopic (exact) mass is 295 g/mol. The summed E-state index contributed by atoms with van der Waals surface area (Å²) in [7, 11) is 0. The van der Waals surface area contributed by atoms with Gasteiger partial charge in [-0.2, -0.15) is 0 Å². The molecule has 1 saturated heterocycles. The first-order chi connectivity index (χ1) is 9.78. The van der Waals surface area contributed by atoms with Gasteiger partial charge in [-0.3, -0.25) is 0 Å². The topological polar surface area (TPSA) is 39.7 Å². The van der Waals surface area contributed by atoms with Crippen LogP contribution in [0.4, 0.5) is 0 Å². The Morgan fingerprint density at radius 1 is 1.20 bits per heavy atom. The predicted molar refractivity (Wildman–Crippen MR) is 79.9 cm³/mol. The van der Waals surface area contributed by atoms with Crippen molar-refractivity contribution in [3.63, 3.8) is 0 Å².